The van der Waals surface area contributed by atoms with E-state index in [4.69, 9.17) is 21.1 Å². The van der Waals surface area contributed by atoms with Crippen LogP contribution in [-0.4, -0.2) is 61.9 Å². The van der Waals surface area contributed by atoms with Crippen LogP contribution in [0, 0.1) is 0 Å². The second-order valence-corrected chi connectivity index (χ2v) is 10.0. The van der Waals surface area contributed by atoms with Gasteiger partial charge >= 0.3 is 12.2 Å². The summed E-state index contributed by atoms with van der Waals surface area (Å²) in [6, 6.07) is 11.2. The van der Waals surface area contributed by atoms with Gasteiger partial charge in [-0.15, -0.1) is 11.3 Å². The van der Waals surface area contributed by atoms with Gasteiger partial charge in [0.25, 0.3) is 5.91 Å². The van der Waals surface area contributed by atoms with Gasteiger partial charge in [-0.1, -0.05) is 23.7 Å². The van der Waals surface area contributed by atoms with Crippen molar-refractivity contribution in [2.75, 3.05) is 37.7 Å². The number of carbonyl (C=O) groups is 3. The molecule has 1 unspecified atom stereocenters. The number of nitrogens with zero attached hydrogens (tertiary/aromatic N) is 2. The molecule has 3 fully saturated rings. The molecule has 1 N–H and O–H groups in total. The van der Waals surface area contributed by atoms with Crippen LogP contribution in [0.15, 0.2) is 36.4 Å². The molecular weight excluding hydrogens is 454 g/mol. The van der Waals surface area contributed by atoms with Crippen LogP contribution >= 0.6 is 22.9 Å². The summed E-state index contributed by atoms with van der Waals surface area (Å²) in [7, 11) is 0. The van der Waals surface area contributed by atoms with Gasteiger partial charge in [-0.05, 0) is 42.7 Å². The van der Waals surface area contributed by atoms with Crippen LogP contribution in [0.3, 0.4) is 0 Å². The fourth-order valence-corrected chi connectivity index (χ4v) is 5.15. The lowest BCUT2D eigenvalue weighted by Crippen LogP contribution is -2.34. The highest BCUT2D eigenvalue weighted by atomic mass is 35.5. The van der Waals surface area contributed by atoms with Gasteiger partial charge in [-0.3, -0.25) is 9.69 Å². The maximum Gasteiger partial charge on any atom is 0.414 e. The molecule has 5 rings (SSSR count). The molecule has 1 aromatic carbocycles. The lowest BCUT2D eigenvalue weighted by atomic mass is 9.95. The molecule has 8 nitrogen and oxygen atoms in total. The molecule has 2 saturated heterocycles. The largest absolute Gasteiger partial charge is 0.448 e. The predicted molar refractivity (Wildman–Crippen MR) is 120 cm³/mol. The van der Waals surface area contributed by atoms with E-state index >= 15 is 0 Å². The molecule has 1 atom stereocenters. The monoisotopic (exact) mass is 475 g/mol. The summed E-state index contributed by atoms with van der Waals surface area (Å²) >= 11 is 7.07. The highest BCUT2D eigenvalue weighted by Gasteiger charge is 2.47. The number of nitrogens with one attached hydrogen (secondary N) is 1. The maximum absolute atomic E-state index is 12.4. The van der Waals surface area contributed by atoms with Gasteiger partial charge in [0.2, 0.25) is 0 Å². The van der Waals surface area contributed by atoms with Crippen LogP contribution < -0.4 is 10.2 Å². The third-order valence-corrected chi connectivity index (χ3v) is 7.37. The molecule has 0 spiro atoms. The van der Waals surface area contributed by atoms with E-state index in [0.717, 1.165) is 24.1 Å². The van der Waals surface area contributed by atoms with E-state index < -0.39 is 12.2 Å². The molecule has 32 heavy (non-hydrogen) atoms. The SMILES string of the molecule is O=C(NCC1CN(c2ccc(C3(CN4CCOC4=O)CC3)cc2)C(=O)O1)c1ccc(Cl)s1. The maximum atomic E-state index is 12.4. The zero-order valence-electron chi connectivity index (χ0n) is 17.2. The minimum atomic E-state index is -0.433. The van der Waals surface area contributed by atoms with E-state index in [2.05, 4.69) is 5.32 Å². The van der Waals surface area contributed by atoms with Crippen molar-refractivity contribution in [2.45, 2.75) is 24.4 Å². The van der Waals surface area contributed by atoms with Gasteiger partial charge in [0.05, 0.1) is 28.8 Å². The molecule has 0 bridgehead atoms. The van der Waals surface area contributed by atoms with Crippen LogP contribution in [0.1, 0.15) is 28.1 Å². The summed E-state index contributed by atoms with van der Waals surface area (Å²) in [5.74, 6) is -0.239. The van der Waals surface area contributed by atoms with Crippen molar-refractivity contribution < 1.29 is 23.9 Å². The van der Waals surface area contributed by atoms with E-state index in [1.54, 1.807) is 21.9 Å². The Kier molecular flexibility index (Phi) is 5.46. The Labute approximate surface area is 194 Å². The lowest BCUT2D eigenvalue weighted by Gasteiger charge is -2.22. The summed E-state index contributed by atoms with van der Waals surface area (Å²) in [6.45, 7) is 2.33. The highest BCUT2D eigenvalue weighted by Crippen LogP contribution is 2.49. The molecule has 0 radical (unpaired) electrons. The van der Waals surface area contributed by atoms with Crippen molar-refractivity contribution in [3.8, 4) is 0 Å². The van der Waals surface area contributed by atoms with E-state index in [1.807, 2.05) is 24.3 Å². The average Bonchev–Trinajstić information content (AvgIpc) is 3.06. The quantitative estimate of drug-likeness (QED) is 0.660. The molecule has 2 aromatic rings. The van der Waals surface area contributed by atoms with Crippen LogP contribution in [0.25, 0.3) is 0 Å². The Morgan fingerprint density at radius 3 is 2.56 bits per heavy atom. The third kappa shape index (κ3) is 4.14. The number of halogens is 1. The van der Waals surface area contributed by atoms with Crippen molar-refractivity contribution in [1.29, 1.82) is 0 Å². The number of benzene rings is 1. The first-order chi connectivity index (χ1) is 15.4. The van der Waals surface area contributed by atoms with E-state index in [9.17, 15) is 14.4 Å². The van der Waals surface area contributed by atoms with Crippen LogP contribution in [0.4, 0.5) is 15.3 Å². The zero-order chi connectivity index (χ0) is 22.3. The standard InChI is InChI=1S/C22H22ClN3O5S/c23-18-6-5-17(32-18)19(27)24-11-16-12-26(21(29)31-16)15-3-1-14(2-4-15)22(7-8-22)13-25-9-10-30-20(25)28/h1-6,16H,7-13H2,(H,24,27). The van der Waals surface area contributed by atoms with Crippen molar-refractivity contribution in [2.24, 2.45) is 0 Å². The predicted octanol–water partition coefficient (Wildman–Crippen LogP) is 3.64. The number of thiophene rings is 1. The number of hydrogen-bond donors (Lipinski definition) is 1. The molecule has 168 valence electrons. The first kappa shape index (κ1) is 21.1. The fraction of sp³-hybridized carbons (Fsp3) is 0.409. The van der Waals surface area contributed by atoms with Gasteiger partial charge in [0.15, 0.2) is 0 Å². The minimum Gasteiger partial charge on any atom is -0.448 e. The highest BCUT2D eigenvalue weighted by molar-refractivity contribution is 7.18. The summed E-state index contributed by atoms with van der Waals surface area (Å²) in [5.41, 5.74) is 1.88. The van der Waals surface area contributed by atoms with Crippen molar-refractivity contribution in [3.63, 3.8) is 0 Å². The first-order valence-corrected chi connectivity index (χ1v) is 11.7. The number of hydrogen-bond acceptors (Lipinski definition) is 6. The summed E-state index contributed by atoms with van der Waals surface area (Å²) in [6.07, 6.45) is 0.945. The number of cyclic esters (lactones) is 2. The van der Waals surface area contributed by atoms with Crippen molar-refractivity contribution in [1.82, 2.24) is 10.2 Å². The Bertz CT molecular complexity index is 1050. The molecular formula is C22H22ClN3O5S. The van der Waals surface area contributed by atoms with Crippen LogP contribution in [0.5, 0.6) is 0 Å². The Morgan fingerprint density at radius 2 is 1.94 bits per heavy atom. The van der Waals surface area contributed by atoms with Gasteiger partial charge < -0.3 is 19.7 Å². The second kappa shape index (κ2) is 8.29. The van der Waals surface area contributed by atoms with Crippen LogP contribution in [0.2, 0.25) is 4.34 Å². The van der Waals surface area contributed by atoms with E-state index in [0.29, 0.717) is 35.5 Å². The number of amides is 3. The van der Waals surface area contributed by atoms with Crippen molar-refractivity contribution in [3.05, 3.63) is 51.2 Å². The number of carbonyl (C=O) groups excluding carboxylic acids is 3. The Hall–Kier alpha value is -2.78. The second-order valence-electron chi connectivity index (χ2n) is 8.29. The van der Waals surface area contributed by atoms with E-state index in [-0.39, 0.29) is 24.0 Å². The molecule has 1 aromatic heterocycles. The first-order valence-electron chi connectivity index (χ1n) is 10.5. The third-order valence-electron chi connectivity index (χ3n) is 6.14. The number of rotatable bonds is 7. The zero-order valence-corrected chi connectivity index (χ0v) is 18.8. The summed E-state index contributed by atoms with van der Waals surface area (Å²) in [4.78, 5) is 40.2. The average molecular weight is 476 g/mol. The van der Waals surface area contributed by atoms with E-state index in [1.165, 1.54) is 11.3 Å². The molecule has 3 heterocycles. The Morgan fingerprint density at radius 1 is 1.16 bits per heavy atom. The molecule has 3 aliphatic rings. The molecule has 10 heteroatoms. The molecule has 2 aliphatic heterocycles. The van der Waals surface area contributed by atoms with Gasteiger partial charge in [-0.25, -0.2) is 9.59 Å². The topological polar surface area (TPSA) is 88.2 Å². The molecule has 3 amide bonds. The minimum absolute atomic E-state index is 0.0229. The fourth-order valence-electron chi connectivity index (χ4n) is 4.19. The van der Waals surface area contributed by atoms with Crippen LogP contribution in [-0.2, 0) is 14.9 Å². The lowest BCUT2D eigenvalue weighted by molar-refractivity contribution is 0.0920. The summed E-state index contributed by atoms with van der Waals surface area (Å²) in [5, 5.41) is 2.79. The smallest absolute Gasteiger partial charge is 0.414 e. The summed E-state index contributed by atoms with van der Waals surface area (Å²) < 4.78 is 11.0. The molecule has 1 aliphatic carbocycles. The number of ether oxygens (including phenoxy) is 2. The van der Waals surface area contributed by atoms with Crippen molar-refractivity contribution >= 4 is 46.7 Å². The number of anilines is 1. The van der Waals surface area contributed by atoms with Gasteiger partial charge in [0.1, 0.15) is 12.7 Å². The van der Waals surface area contributed by atoms with Gasteiger partial charge in [0, 0.05) is 17.6 Å². The molecule has 1 saturated carbocycles. The Balaban J connectivity index is 1.18. The normalized spacial score (nSPS) is 21.5. The van der Waals surface area contributed by atoms with Gasteiger partial charge in [-0.2, -0.15) is 0 Å².